The van der Waals surface area contributed by atoms with Crippen LogP contribution in [0.4, 0.5) is 11.4 Å². The number of hydrogen-bond donors (Lipinski definition) is 1. The highest BCUT2D eigenvalue weighted by molar-refractivity contribution is 5.99. The molecule has 0 spiro atoms. The Kier molecular flexibility index (Phi) is 5.97. The molecule has 1 atom stereocenters. The fourth-order valence-electron chi connectivity index (χ4n) is 3.49. The third-order valence-electron chi connectivity index (χ3n) is 4.85. The number of likely N-dealkylation sites (tertiary alicyclic amines) is 1. The van der Waals surface area contributed by atoms with E-state index >= 15 is 0 Å². The van der Waals surface area contributed by atoms with Gasteiger partial charge >= 0.3 is 5.97 Å². The Bertz CT molecular complexity index is 675. The lowest BCUT2D eigenvalue weighted by atomic mass is 9.96. The maximum atomic E-state index is 12.7. The van der Waals surface area contributed by atoms with Gasteiger partial charge in [0.05, 0.1) is 22.6 Å². The number of carboxylic acid groups (broad SMARTS) is 1. The summed E-state index contributed by atoms with van der Waals surface area (Å²) in [6, 6.07) is 5.82. The summed E-state index contributed by atoms with van der Waals surface area (Å²) >= 11 is 0. The van der Waals surface area contributed by atoms with E-state index in [4.69, 9.17) is 5.11 Å². The van der Waals surface area contributed by atoms with Crippen LogP contribution in [0.5, 0.6) is 0 Å². The molecule has 2 saturated heterocycles. The van der Waals surface area contributed by atoms with E-state index in [2.05, 4.69) is 0 Å². The number of piperidine rings is 1. The summed E-state index contributed by atoms with van der Waals surface area (Å²) in [7, 11) is 0. The minimum absolute atomic E-state index is 0. The van der Waals surface area contributed by atoms with Gasteiger partial charge in [-0.1, -0.05) is 6.07 Å². The number of carboxylic acids is 1. The van der Waals surface area contributed by atoms with Crippen molar-refractivity contribution in [2.45, 2.75) is 25.3 Å². The number of rotatable bonds is 4. The van der Waals surface area contributed by atoms with Gasteiger partial charge in [0, 0.05) is 18.7 Å². The Labute approximate surface area is 151 Å². The molecule has 0 bridgehead atoms. The number of aliphatic carboxylic acids is 1. The van der Waals surface area contributed by atoms with Crippen molar-refractivity contribution in [2.75, 3.05) is 24.5 Å². The molecule has 0 aromatic heterocycles. The summed E-state index contributed by atoms with van der Waals surface area (Å²) in [6.07, 6.45) is 1.76. The Hall–Kier alpha value is -2.19. The van der Waals surface area contributed by atoms with Crippen LogP contribution in [0.3, 0.4) is 0 Å². The van der Waals surface area contributed by atoms with Crippen LogP contribution in [-0.2, 0) is 9.59 Å². The number of carbonyl (C=O) groups excluding carboxylic acids is 1. The molecule has 0 saturated carbocycles. The number of nitrogens with zero attached hydrogens (tertiary/aromatic N) is 3. The van der Waals surface area contributed by atoms with Crippen LogP contribution in [0.1, 0.15) is 19.3 Å². The van der Waals surface area contributed by atoms with Gasteiger partial charge in [-0.25, -0.2) is 0 Å². The number of anilines is 1. The minimum atomic E-state index is -0.773. The molecule has 2 heterocycles. The van der Waals surface area contributed by atoms with Crippen molar-refractivity contribution in [3.63, 3.8) is 0 Å². The first-order valence-electron chi connectivity index (χ1n) is 8.00. The van der Waals surface area contributed by atoms with Crippen molar-refractivity contribution < 1.29 is 19.6 Å². The van der Waals surface area contributed by atoms with Gasteiger partial charge in [0.1, 0.15) is 0 Å². The fourth-order valence-corrected chi connectivity index (χ4v) is 3.49. The number of nitro benzene ring substituents is 1. The molecule has 1 aromatic carbocycles. The fraction of sp³-hybridized carbons (Fsp3) is 0.500. The number of amides is 1. The highest BCUT2D eigenvalue weighted by atomic mass is 35.5. The zero-order chi connectivity index (χ0) is 17.3. The van der Waals surface area contributed by atoms with Gasteiger partial charge in [-0.2, -0.15) is 0 Å². The zero-order valence-corrected chi connectivity index (χ0v) is 14.4. The van der Waals surface area contributed by atoms with Gasteiger partial charge in [-0.15, -0.1) is 12.4 Å². The summed E-state index contributed by atoms with van der Waals surface area (Å²) in [6.45, 7) is 1.70. The molecular weight excluding hydrogens is 350 g/mol. The number of hydrogen-bond acceptors (Lipinski definition) is 5. The van der Waals surface area contributed by atoms with Crippen LogP contribution >= 0.6 is 12.4 Å². The number of carbonyl (C=O) groups is 2. The van der Waals surface area contributed by atoms with E-state index in [1.165, 1.54) is 12.1 Å². The standard InChI is InChI=1S/C16H19N3O5.ClH/c20-15-14(17-7-4-11(5-8-17)16(21)22)6-9-18(15)12-2-1-3-13(10-12)19(23)24;/h1-3,10-11,14H,4-9H2,(H,21,22);1H. The maximum absolute atomic E-state index is 12.7. The smallest absolute Gasteiger partial charge is 0.306 e. The predicted octanol–water partition coefficient (Wildman–Crippen LogP) is 1.92. The third-order valence-corrected chi connectivity index (χ3v) is 4.85. The normalized spacial score (nSPS) is 21.8. The molecule has 0 radical (unpaired) electrons. The average molecular weight is 370 g/mol. The van der Waals surface area contributed by atoms with Crippen molar-refractivity contribution in [2.24, 2.45) is 5.92 Å². The summed E-state index contributed by atoms with van der Waals surface area (Å²) in [5.74, 6) is -1.17. The van der Waals surface area contributed by atoms with Crippen molar-refractivity contribution in [1.82, 2.24) is 4.90 Å². The summed E-state index contributed by atoms with van der Waals surface area (Å²) in [5, 5.41) is 19.9. The number of non-ortho nitro benzene ring substituents is 1. The van der Waals surface area contributed by atoms with Crippen LogP contribution < -0.4 is 4.90 Å². The highest BCUT2D eigenvalue weighted by Crippen LogP contribution is 2.29. The monoisotopic (exact) mass is 369 g/mol. The van der Waals surface area contributed by atoms with Gasteiger partial charge in [0.15, 0.2) is 0 Å². The van der Waals surface area contributed by atoms with E-state index < -0.39 is 10.9 Å². The van der Waals surface area contributed by atoms with Crippen LogP contribution in [0.25, 0.3) is 0 Å². The molecule has 8 nitrogen and oxygen atoms in total. The Morgan fingerprint density at radius 2 is 1.88 bits per heavy atom. The molecular formula is C16H20ClN3O5. The van der Waals surface area contributed by atoms with Crippen molar-refractivity contribution in [1.29, 1.82) is 0 Å². The lowest BCUT2D eigenvalue weighted by Crippen LogP contribution is -2.46. The Morgan fingerprint density at radius 1 is 1.20 bits per heavy atom. The molecule has 0 aliphatic carbocycles. The largest absolute Gasteiger partial charge is 0.481 e. The van der Waals surface area contributed by atoms with E-state index in [0.717, 1.165) is 0 Å². The molecule has 9 heteroatoms. The molecule has 1 N–H and O–H groups in total. The zero-order valence-electron chi connectivity index (χ0n) is 13.5. The van der Waals surface area contributed by atoms with E-state index in [1.807, 2.05) is 4.90 Å². The lowest BCUT2D eigenvalue weighted by molar-refractivity contribution is -0.384. The van der Waals surface area contributed by atoms with E-state index in [-0.39, 0.29) is 36.0 Å². The molecule has 25 heavy (non-hydrogen) atoms. The lowest BCUT2D eigenvalue weighted by Gasteiger charge is -2.33. The van der Waals surface area contributed by atoms with Gasteiger partial charge < -0.3 is 10.0 Å². The summed E-state index contributed by atoms with van der Waals surface area (Å²) < 4.78 is 0. The average Bonchev–Trinajstić information content (AvgIpc) is 2.96. The van der Waals surface area contributed by atoms with Gasteiger partial charge in [-0.3, -0.25) is 24.6 Å². The number of nitro groups is 1. The second-order valence-corrected chi connectivity index (χ2v) is 6.22. The van der Waals surface area contributed by atoms with E-state index in [1.54, 1.807) is 17.0 Å². The molecule has 1 unspecified atom stereocenters. The van der Waals surface area contributed by atoms with Crippen molar-refractivity contribution in [3.8, 4) is 0 Å². The summed E-state index contributed by atoms with van der Waals surface area (Å²) in [5.41, 5.74) is 0.503. The number of halogens is 1. The molecule has 2 aliphatic heterocycles. The minimum Gasteiger partial charge on any atom is -0.481 e. The van der Waals surface area contributed by atoms with Gasteiger partial charge in [0.2, 0.25) is 5.91 Å². The second kappa shape index (κ2) is 7.79. The predicted molar refractivity (Wildman–Crippen MR) is 93.0 cm³/mol. The summed E-state index contributed by atoms with van der Waals surface area (Å²) in [4.78, 5) is 37.8. The Morgan fingerprint density at radius 3 is 2.48 bits per heavy atom. The molecule has 136 valence electrons. The van der Waals surface area contributed by atoms with Crippen LogP contribution in [0.2, 0.25) is 0 Å². The second-order valence-electron chi connectivity index (χ2n) is 6.22. The van der Waals surface area contributed by atoms with Gasteiger partial charge in [-0.05, 0) is 38.4 Å². The third kappa shape index (κ3) is 3.91. The molecule has 2 aliphatic rings. The topological polar surface area (TPSA) is 104 Å². The van der Waals surface area contributed by atoms with Crippen molar-refractivity contribution >= 4 is 35.7 Å². The quantitative estimate of drug-likeness (QED) is 0.642. The SMILES string of the molecule is Cl.O=C(O)C1CCN(C2CCN(c3cccc([N+](=O)[O-])c3)C2=O)CC1. The molecule has 1 aromatic rings. The van der Waals surface area contributed by atoms with Gasteiger partial charge in [0.25, 0.3) is 5.69 Å². The van der Waals surface area contributed by atoms with Crippen LogP contribution in [0.15, 0.2) is 24.3 Å². The maximum Gasteiger partial charge on any atom is 0.306 e. The Balaban J connectivity index is 0.00000225. The van der Waals surface area contributed by atoms with E-state index in [9.17, 15) is 19.7 Å². The van der Waals surface area contributed by atoms with Crippen LogP contribution in [0, 0.1) is 16.0 Å². The van der Waals surface area contributed by atoms with E-state index in [0.29, 0.717) is 44.6 Å². The molecule has 1 amide bonds. The first-order valence-corrected chi connectivity index (χ1v) is 8.00. The van der Waals surface area contributed by atoms with Crippen LogP contribution in [-0.4, -0.2) is 52.5 Å². The van der Waals surface area contributed by atoms with Crippen molar-refractivity contribution in [3.05, 3.63) is 34.4 Å². The molecule has 3 rings (SSSR count). The molecule has 2 fully saturated rings. The first kappa shape index (κ1) is 19.1. The highest BCUT2D eigenvalue weighted by Gasteiger charge is 2.39. The number of benzene rings is 1. The first-order chi connectivity index (χ1) is 11.5.